The molecule has 0 bridgehead atoms. The molecule has 0 heterocycles. The van der Waals surface area contributed by atoms with Crippen LogP contribution in [0.2, 0.25) is 0 Å². The zero-order chi connectivity index (χ0) is 18.4. The number of amides is 1. The average Bonchev–Trinajstić information content (AvgIpc) is 2.58. The molecule has 1 N–H and O–H groups in total. The molecule has 2 aromatic rings. The number of benzene rings is 2. The Labute approximate surface area is 158 Å². The van der Waals surface area contributed by atoms with E-state index in [0.29, 0.717) is 12.3 Å². The van der Waals surface area contributed by atoms with Gasteiger partial charge in [-0.15, -0.1) is 0 Å². The number of carbonyl (C=O) groups excluding carboxylic acids is 1. The van der Waals surface area contributed by atoms with Crippen LogP contribution in [0, 0.1) is 0 Å². The van der Waals surface area contributed by atoms with Crippen molar-refractivity contribution in [2.45, 2.75) is 39.0 Å². The van der Waals surface area contributed by atoms with Crippen molar-refractivity contribution < 1.29 is 9.53 Å². The second-order valence-electron chi connectivity index (χ2n) is 7.30. The van der Waals surface area contributed by atoms with E-state index in [-0.39, 0.29) is 23.8 Å². The van der Waals surface area contributed by atoms with E-state index < -0.39 is 0 Å². The first kappa shape index (κ1) is 19.5. The van der Waals surface area contributed by atoms with Crippen molar-refractivity contribution in [3.05, 3.63) is 64.1 Å². The number of ether oxygens (including phenoxy) is 1. The Balaban J connectivity index is 1.84. The van der Waals surface area contributed by atoms with E-state index in [1.54, 1.807) is 0 Å². The molecule has 0 aliphatic rings. The molecule has 134 valence electrons. The molecule has 0 fully saturated rings. The van der Waals surface area contributed by atoms with Gasteiger partial charge < -0.3 is 10.1 Å². The van der Waals surface area contributed by atoms with Crippen molar-refractivity contribution in [3.63, 3.8) is 0 Å². The molecule has 0 aromatic heterocycles. The third-order valence-electron chi connectivity index (χ3n) is 4.13. The average molecular weight is 404 g/mol. The monoisotopic (exact) mass is 403 g/mol. The summed E-state index contributed by atoms with van der Waals surface area (Å²) < 4.78 is 6.51. The van der Waals surface area contributed by atoms with Gasteiger partial charge in [-0.25, -0.2) is 0 Å². The van der Waals surface area contributed by atoms with Crippen LogP contribution >= 0.6 is 15.9 Å². The number of carbonyl (C=O) groups is 1. The Bertz CT molecular complexity index is 708. The van der Waals surface area contributed by atoms with Gasteiger partial charge in [0.05, 0.1) is 4.47 Å². The maximum atomic E-state index is 12.0. The molecule has 25 heavy (non-hydrogen) atoms. The summed E-state index contributed by atoms with van der Waals surface area (Å²) >= 11 is 3.53. The Morgan fingerprint density at radius 3 is 2.44 bits per heavy atom. The van der Waals surface area contributed by atoms with Crippen LogP contribution in [0.4, 0.5) is 0 Å². The second kappa shape index (κ2) is 8.52. The van der Waals surface area contributed by atoms with Gasteiger partial charge in [-0.1, -0.05) is 64.1 Å². The van der Waals surface area contributed by atoms with Gasteiger partial charge >= 0.3 is 0 Å². The Morgan fingerprint density at radius 1 is 1.16 bits per heavy atom. The van der Waals surface area contributed by atoms with E-state index in [1.807, 2.05) is 36.4 Å². The standard InChI is InChI=1S/C21H26BrNO2/c1-15(16-8-6-5-7-9-16)13-23-20(24)14-25-19-11-10-17(12-18(19)22)21(2,3)4/h5-12,15H,13-14H2,1-4H3,(H,23,24)/t15-/m0/s1. The number of halogens is 1. The summed E-state index contributed by atoms with van der Waals surface area (Å²) in [4.78, 5) is 12.0. The third-order valence-corrected chi connectivity index (χ3v) is 4.75. The fourth-order valence-corrected chi connectivity index (χ4v) is 2.94. The van der Waals surface area contributed by atoms with Crippen LogP contribution in [0.5, 0.6) is 5.75 Å². The molecule has 0 radical (unpaired) electrons. The smallest absolute Gasteiger partial charge is 0.257 e. The van der Waals surface area contributed by atoms with Gasteiger partial charge in [-0.05, 0) is 50.5 Å². The Kier molecular flexibility index (Phi) is 6.65. The fraction of sp³-hybridized carbons (Fsp3) is 0.381. The van der Waals surface area contributed by atoms with Gasteiger partial charge in [0.1, 0.15) is 5.75 Å². The first-order chi connectivity index (χ1) is 11.8. The second-order valence-corrected chi connectivity index (χ2v) is 8.15. The van der Waals surface area contributed by atoms with Crippen molar-refractivity contribution >= 4 is 21.8 Å². The maximum Gasteiger partial charge on any atom is 0.257 e. The molecule has 4 heteroatoms. The van der Waals surface area contributed by atoms with Crippen molar-refractivity contribution in [1.82, 2.24) is 5.32 Å². The van der Waals surface area contributed by atoms with E-state index in [0.717, 1.165) is 4.47 Å². The normalized spacial score (nSPS) is 12.5. The number of nitrogens with one attached hydrogen (secondary N) is 1. The topological polar surface area (TPSA) is 38.3 Å². The van der Waals surface area contributed by atoms with Crippen molar-refractivity contribution in [2.75, 3.05) is 13.2 Å². The summed E-state index contributed by atoms with van der Waals surface area (Å²) in [6.07, 6.45) is 0. The lowest BCUT2D eigenvalue weighted by Gasteiger charge is -2.20. The largest absolute Gasteiger partial charge is 0.483 e. The number of rotatable bonds is 6. The van der Waals surface area contributed by atoms with Gasteiger partial charge in [0, 0.05) is 6.54 Å². The summed E-state index contributed by atoms with van der Waals surface area (Å²) in [5.41, 5.74) is 2.50. The molecule has 0 aliphatic heterocycles. The summed E-state index contributed by atoms with van der Waals surface area (Å²) in [6.45, 7) is 9.19. The highest BCUT2D eigenvalue weighted by molar-refractivity contribution is 9.10. The number of hydrogen-bond donors (Lipinski definition) is 1. The van der Waals surface area contributed by atoms with Crippen LogP contribution in [-0.4, -0.2) is 19.1 Å². The lowest BCUT2D eigenvalue weighted by atomic mass is 9.87. The summed E-state index contributed by atoms with van der Waals surface area (Å²) in [7, 11) is 0. The minimum absolute atomic E-state index is 0.00890. The van der Waals surface area contributed by atoms with Crippen LogP contribution in [0.15, 0.2) is 53.0 Å². The highest BCUT2D eigenvalue weighted by atomic mass is 79.9. The van der Waals surface area contributed by atoms with Crippen LogP contribution < -0.4 is 10.1 Å². The summed E-state index contributed by atoms with van der Waals surface area (Å²) in [5.74, 6) is 0.830. The Hall–Kier alpha value is -1.81. The molecule has 0 spiro atoms. The van der Waals surface area contributed by atoms with E-state index in [9.17, 15) is 4.79 Å². The van der Waals surface area contributed by atoms with E-state index in [1.165, 1.54) is 11.1 Å². The van der Waals surface area contributed by atoms with Crippen LogP contribution in [-0.2, 0) is 10.2 Å². The molecule has 2 rings (SSSR count). The van der Waals surface area contributed by atoms with E-state index >= 15 is 0 Å². The van der Waals surface area contributed by atoms with Gasteiger partial charge in [-0.3, -0.25) is 4.79 Å². The minimum atomic E-state index is -0.116. The summed E-state index contributed by atoms with van der Waals surface area (Å²) in [5, 5.41) is 2.93. The van der Waals surface area contributed by atoms with Gasteiger partial charge in [0.25, 0.3) is 5.91 Å². The lowest BCUT2D eigenvalue weighted by Crippen LogP contribution is -2.31. The van der Waals surface area contributed by atoms with Crippen molar-refractivity contribution in [1.29, 1.82) is 0 Å². The van der Waals surface area contributed by atoms with E-state index in [2.05, 4.69) is 61.1 Å². The number of hydrogen-bond acceptors (Lipinski definition) is 2. The van der Waals surface area contributed by atoms with Crippen LogP contribution in [0.3, 0.4) is 0 Å². The van der Waals surface area contributed by atoms with Crippen LogP contribution in [0.25, 0.3) is 0 Å². The summed E-state index contributed by atoms with van der Waals surface area (Å²) in [6, 6.07) is 16.1. The third kappa shape index (κ3) is 5.89. The molecule has 0 aliphatic carbocycles. The maximum absolute atomic E-state index is 12.0. The van der Waals surface area contributed by atoms with Crippen LogP contribution in [0.1, 0.15) is 44.7 Å². The Morgan fingerprint density at radius 2 is 1.84 bits per heavy atom. The molecule has 1 atom stereocenters. The van der Waals surface area contributed by atoms with Gasteiger partial charge in [0.2, 0.25) is 0 Å². The zero-order valence-corrected chi connectivity index (χ0v) is 16.9. The van der Waals surface area contributed by atoms with E-state index in [4.69, 9.17) is 4.74 Å². The molecular weight excluding hydrogens is 378 g/mol. The fourth-order valence-electron chi connectivity index (χ4n) is 2.45. The molecule has 0 unspecified atom stereocenters. The molecule has 0 saturated carbocycles. The quantitative estimate of drug-likeness (QED) is 0.732. The predicted octanol–water partition coefficient (Wildman–Crippen LogP) is 5.05. The van der Waals surface area contributed by atoms with Gasteiger partial charge in [-0.2, -0.15) is 0 Å². The zero-order valence-electron chi connectivity index (χ0n) is 15.3. The lowest BCUT2D eigenvalue weighted by molar-refractivity contribution is -0.123. The molecule has 0 saturated heterocycles. The predicted molar refractivity (Wildman–Crippen MR) is 106 cm³/mol. The molecular formula is C21H26BrNO2. The minimum Gasteiger partial charge on any atom is -0.483 e. The van der Waals surface area contributed by atoms with Crippen molar-refractivity contribution in [2.24, 2.45) is 0 Å². The first-order valence-corrected chi connectivity index (χ1v) is 9.31. The first-order valence-electron chi connectivity index (χ1n) is 8.52. The molecule has 1 amide bonds. The SMILES string of the molecule is C[C@@H](CNC(=O)COc1ccc(C(C)(C)C)cc1Br)c1ccccc1. The van der Waals surface area contributed by atoms with Gasteiger partial charge in [0.15, 0.2) is 6.61 Å². The highest BCUT2D eigenvalue weighted by Crippen LogP contribution is 2.31. The highest BCUT2D eigenvalue weighted by Gasteiger charge is 2.16. The molecule has 2 aromatic carbocycles. The van der Waals surface area contributed by atoms with Crippen molar-refractivity contribution in [3.8, 4) is 5.75 Å². The molecule has 3 nitrogen and oxygen atoms in total.